The zero-order chi connectivity index (χ0) is 14.4. The fourth-order valence-corrected chi connectivity index (χ4v) is 2.31. The molecule has 1 aliphatic carbocycles. The second-order valence-corrected chi connectivity index (χ2v) is 4.76. The van der Waals surface area contributed by atoms with Crippen LogP contribution in [0.1, 0.15) is 19.3 Å². The molecule has 1 N–H and O–H groups in total. The molecule has 0 spiro atoms. The van der Waals surface area contributed by atoms with Crippen molar-refractivity contribution in [1.82, 2.24) is 10.2 Å². The number of amides is 2. The van der Waals surface area contributed by atoms with Gasteiger partial charge in [-0.15, -0.1) is 0 Å². The summed E-state index contributed by atoms with van der Waals surface area (Å²) in [6, 6.07) is -0.707. The number of nitrogens with one attached hydrogen (secondary N) is 1. The first-order chi connectivity index (χ1) is 8.99. The Morgan fingerprint density at radius 2 is 2.11 bits per heavy atom. The van der Waals surface area contributed by atoms with E-state index >= 15 is 0 Å². The third kappa shape index (κ3) is 4.03. The van der Waals surface area contributed by atoms with Crippen LogP contribution >= 0.6 is 0 Å². The second-order valence-electron chi connectivity index (χ2n) is 4.76. The third-order valence-electron chi connectivity index (χ3n) is 3.30. The van der Waals surface area contributed by atoms with Crippen molar-refractivity contribution < 1.29 is 14.3 Å². The Morgan fingerprint density at radius 1 is 1.42 bits per heavy atom. The smallest absolute Gasteiger partial charge is 0.407 e. The van der Waals surface area contributed by atoms with Gasteiger partial charge in [-0.1, -0.05) is 5.11 Å². The second kappa shape index (κ2) is 6.84. The summed E-state index contributed by atoms with van der Waals surface area (Å²) in [7, 11) is 4.67. The van der Waals surface area contributed by atoms with E-state index in [9.17, 15) is 9.59 Å². The Bertz CT molecular complexity index is 392. The number of carbonyl (C=O) groups excluding carboxylic acids is 2. The molecule has 1 rings (SSSR count). The van der Waals surface area contributed by atoms with E-state index in [2.05, 4.69) is 20.1 Å². The molecule has 1 saturated carbocycles. The number of alkyl carbamates (subject to hydrolysis) is 1. The van der Waals surface area contributed by atoms with Crippen LogP contribution in [0.15, 0.2) is 5.11 Å². The molecule has 2 amide bonds. The van der Waals surface area contributed by atoms with Crippen molar-refractivity contribution in [3.8, 4) is 0 Å². The van der Waals surface area contributed by atoms with Gasteiger partial charge < -0.3 is 15.0 Å². The van der Waals surface area contributed by atoms with E-state index in [0.29, 0.717) is 19.3 Å². The van der Waals surface area contributed by atoms with Crippen LogP contribution in [0.2, 0.25) is 0 Å². The quantitative estimate of drug-likeness (QED) is 0.473. The fraction of sp³-hybridized carbons (Fsp3) is 0.818. The summed E-state index contributed by atoms with van der Waals surface area (Å²) < 4.78 is 4.53. The van der Waals surface area contributed by atoms with Crippen molar-refractivity contribution in [2.24, 2.45) is 11.0 Å². The zero-order valence-corrected chi connectivity index (χ0v) is 11.4. The standard InChI is InChI=1S/C11H19N5O3/c1-16(2)10(17)7-4-5-8(13-11(18)19-3)9(6-7)14-15-12/h7-9H,4-6H2,1-3H3,(H,13,18)/t7-,8-,9+/m0/s1. The molecule has 0 bridgehead atoms. The molecule has 0 aliphatic heterocycles. The highest BCUT2D eigenvalue weighted by Gasteiger charge is 2.34. The number of carbonyl (C=O) groups is 2. The van der Waals surface area contributed by atoms with Crippen molar-refractivity contribution >= 4 is 12.0 Å². The maximum absolute atomic E-state index is 11.9. The molecule has 0 aromatic heterocycles. The topological polar surface area (TPSA) is 107 Å². The summed E-state index contributed by atoms with van der Waals surface area (Å²) >= 11 is 0. The van der Waals surface area contributed by atoms with Gasteiger partial charge in [-0.25, -0.2) is 4.79 Å². The van der Waals surface area contributed by atoms with E-state index in [1.54, 1.807) is 14.1 Å². The lowest BCUT2D eigenvalue weighted by molar-refractivity contribution is -0.134. The molecule has 0 unspecified atom stereocenters. The molecule has 1 fully saturated rings. The van der Waals surface area contributed by atoms with Crippen molar-refractivity contribution in [3.05, 3.63) is 10.4 Å². The van der Waals surface area contributed by atoms with Crippen molar-refractivity contribution in [2.75, 3.05) is 21.2 Å². The first-order valence-corrected chi connectivity index (χ1v) is 6.09. The number of rotatable bonds is 3. The Balaban J connectivity index is 2.72. The molecular formula is C11H19N5O3. The molecule has 0 aromatic rings. The lowest BCUT2D eigenvalue weighted by Gasteiger charge is -2.34. The summed E-state index contributed by atoms with van der Waals surface area (Å²) in [5.74, 6) is -0.143. The molecule has 8 nitrogen and oxygen atoms in total. The van der Waals surface area contributed by atoms with Crippen LogP contribution in [0.25, 0.3) is 10.4 Å². The number of hydrogen-bond donors (Lipinski definition) is 1. The summed E-state index contributed by atoms with van der Waals surface area (Å²) in [5, 5.41) is 6.33. The van der Waals surface area contributed by atoms with Gasteiger partial charge in [0.2, 0.25) is 5.91 Å². The van der Waals surface area contributed by atoms with E-state index in [4.69, 9.17) is 5.53 Å². The number of methoxy groups -OCH3 is 1. The molecule has 0 aromatic carbocycles. The number of nitrogens with zero attached hydrogens (tertiary/aromatic N) is 4. The van der Waals surface area contributed by atoms with E-state index in [-0.39, 0.29) is 17.9 Å². The van der Waals surface area contributed by atoms with Gasteiger partial charge in [-0.2, -0.15) is 0 Å². The fourth-order valence-electron chi connectivity index (χ4n) is 2.31. The van der Waals surface area contributed by atoms with Crippen LogP contribution in [0.4, 0.5) is 4.79 Å². The highest BCUT2D eigenvalue weighted by Crippen LogP contribution is 2.28. The van der Waals surface area contributed by atoms with E-state index < -0.39 is 12.1 Å². The van der Waals surface area contributed by atoms with Crippen LogP contribution in [0.3, 0.4) is 0 Å². The highest BCUT2D eigenvalue weighted by molar-refractivity contribution is 5.78. The number of hydrogen-bond acceptors (Lipinski definition) is 4. The van der Waals surface area contributed by atoms with E-state index in [0.717, 1.165) is 0 Å². The minimum Gasteiger partial charge on any atom is -0.453 e. The average molecular weight is 269 g/mol. The van der Waals surface area contributed by atoms with Gasteiger partial charge in [-0.3, -0.25) is 4.79 Å². The molecule has 106 valence electrons. The molecule has 8 heteroatoms. The minimum absolute atomic E-state index is 0.0228. The molecule has 19 heavy (non-hydrogen) atoms. The van der Waals surface area contributed by atoms with Crippen molar-refractivity contribution in [2.45, 2.75) is 31.3 Å². The Morgan fingerprint density at radius 3 is 2.63 bits per heavy atom. The Kier molecular flexibility index (Phi) is 5.44. The maximum atomic E-state index is 11.9. The highest BCUT2D eigenvalue weighted by atomic mass is 16.5. The molecule has 1 aliphatic rings. The van der Waals surface area contributed by atoms with E-state index in [1.165, 1.54) is 12.0 Å². The number of azide groups is 1. The predicted octanol–water partition coefficient (Wildman–Crippen LogP) is 1.28. The first kappa shape index (κ1) is 15.1. The molecule has 0 radical (unpaired) electrons. The first-order valence-electron chi connectivity index (χ1n) is 6.09. The molecular weight excluding hydrogens is 250 g/mol. The van der Waals surface area contributed by atoms with Crippen LogP contribution in [-0.2, 0) is 9.53 Å². The average Bonchev–Trinajstić information content (AvgIpc) is 2.39. The van der Waals surface area contributed by atoms with Gasteiger partial charge in [0.05, 0.1) is 13.2 Å². The molecule has 0 saturated heterocycles. The summed E-state index contributed by atoms with van der Waals surface area (Å²) in [6.45, 7) is 0. The summed E-state index contributed by atoms with van der Waals surface area (Å²) in [6.07, 6.45) is 1.13. The van der Waals surface area contributed by atoms with Gasteiger partial charge in [0.25, 0.3) is 0 Å². The Labute approximate surface area is 111 Å². The van der Waals surface area contributed by atoms with Crippen molar-refractivity contribution in [1.29, 1.82) is 0 Å². The lowest BCUT2D eigenvalue weighted by Crippen LogP contribution is -2.48. The third-order valence-corrected chi connectivity index (χ3v) is 3.30. The van der Waals surface area contributed by atoms with Gasteiger partial charge in [0.1, 0.15) is 0 Å². The summed E-state index contributed by atoms with van der Waals surface area (Å²) in [4.78, 5) is 27.4. The van der Waals surface area contributed by atoms with E-state index in [1.807, 2.05) is 0 Å². The van der Waals surface area contributed by atoms with Crippen LogP contribution < -0.4 is 5.32 Å². The predicted molar refractivity (Wildman–Crippen MR) is 68.3 cm³/mol. The SMILES string of the molecule is COC(=O)N[C@H]1CC[C@H](C(=O)N(C)C)C[C@H]1N=[N+]=[N-]. The largest absolute Gasteiger partial charge is 0.453 e. The lowest BCUT2D eigenvalue weighted by atomic mass is 9.82. The van der Waals surface area contributed by atoms with Gasteiger partial charge >= 0.3 is 6.09 Å². The summed E-state index contributed by atoms with van der Waals surface area (Å²) in [5.41, 5.74) is 8.58. The van der Waals surface area contributed by atoms with Gasteiger partial charge in [-0.05, 0) is 24.8 Å². The normalized spacial score (nSPS) is 25.9. The van der Waals surface area contributed by atoms with Gasteiger partial charge in [0.15, 0.2) is 0 Å². The minimum atomic E-state index is -0.555. The van der Waals surface area contributed by atoms with Crippen LogP contribution in [0, 0.1) is 5.92 Å². The zero-order valence-electron chi connectivity index (χ0n) is 11.4. The monoisotopic (exact) mass is 269 g/mol. The molecule has 0 heterocycles. The van der Waals surface area contributed by atoms with Crippen LogP contribution in [0.5, 0.6) is 0 Å². The maximum Gasteiger partial charge on any atom is 0.407 e. The number of ether oxygens (including phenoxy) is 1. The van der Waals surface area contributed by atoms with Crippen LogP contribution in [-0.4, -0.2) is 50.2 Å². The van der Waals surface area contributed by atoms with Crippen molar-refractivity contribution in [3.63, 3.8) is 0 Å². The molecule has 3 atom stereocenters. The van der Waals surface area contributed by atoms with Gasteiger partial charge in [0, 0.05) is 31.0 Å². The Hall–Kier alpha value is -1.95.